The van der Waals surface area contributed by atoms with Crippen molar-refractivity contribution < 1.29 is 43.2 Å². The number of carboxylic acids is 1. The first-order chi connectivity index (χ1) is 17.4. The second-order valence-electron chi connectivity index (χ2n) is 7.93. The van der Waals surface area contributed by atoms with E-state index < -0.39 is 41.9 Å². The summed E-state index contributed by atoms with van der Waals surface area (Å²) in [6.45, 7) is -0.356. The summed E-state index contributed by atoms with van der Waals surface area (Å²) < 4.78 is 21.7. The molecule has 4 rings (SSSR count). The van der Waals surface area contributed by atoms with E-state index in [4.69, 9.17) is 18.9 Å². The van der Waals surface area contributed by atoms with Gasteiger partial charge in [-0.3, -0.25) is 0 Å². The number of carbonyl (C=O) groups is 4. The van der Waals surface area contributed by atoms with Gasteiger partial charge in [-0.25, -0.2) is 19.2 Å². The van der Waals surface area contributed by atoms with Gasteiger partial charge in [0.2, 0.25) is 0 Å². The predicted molar refractivity (Wildman–Crippen MR) is 124 cm³/mol. The van der Waals surface area contributed by atoms with E-state index in [2.05, 4.69) is 0 Å². The van der Waals surface area contributed by atoms with Gasteiger partial charge in [-0.1, -0.05) is 54.6 Å². The minimum absolute atomic E-state index is 0.0776. The summed E-state index contributed by atoms with van der Waals surface area (Å²) in [6.07, 6.45) is -2.75. The molecule has 1 heterocycles. The van der Waals surface area contributed by atoms with Crippen LogP contribution in [0.2, 0.25) is 0 Å². The Balaban J connectivity index is 1.56. The number of hydrogen-bond acceptors (Lipinski definition) is 8. The van der Waals surface area contributed by atoms with Gasteiger partial charge in [-0.05, 0) is 36.4 Å². The molecule has 1 saturated heterocycles. The first kappa shape index (κ1) is 24.6. The van der Waals surface area contributed by atoms with E-state index in [1.807, 2.05) is 0 Å². The molecule has 0 bridgehead atoms. The minimum atomic E-state index is -2.65. The van der Waals surface area contributed by atoms with E-state index in [0.717, 1.165) is 0 Å². The Morgan fingerprint density at radius 1 is 0.750 bits per heavy atom. The number of aliphatic carboxylic acids is 1. The molecule has 0 aromatic heterocycles. The lowest BCUT2D eigenvalue weighted by Gasteiger charge is -2.29. The highest BCUT2D eigenvalue weighted by molar-refractivity contribution is 5.93. The molecule has 1 aliphatic heterocycles. The lowest BCUT2D eigenvalue weighted by atomic mass is 10.1. The summed E-state index contributed by atoms with van der Waals surface area (Å²) in [6, 6.07) is 23.9. The zero-order valence-corrected chi connectivity index (χ0v) is 18.9. The highest BCUT2D eigenvalue weighted by Crippen LogP contribution is 2.36. The van der Waals surface area contributed by atoms with Crippen molar-refractivity contribution in [3.05, 3.63) is 108 Å². The molecular formula is C27H22O9. The Morgan fingerprint density at radius 2 is 1.22 bits per heavy atom. The molecular weight excluding hydrogens is 468 g/mol. The fourth-order valence-corrected chi connectivity index (χ4v) is 3.68. The molecule has 3 atom stereocenters. The third-order valence-electron chi connectivity index (χ3n) is 5.46. The Morgan fingerprint density at radius 3 is 1.72 bits per heavy atom. The van der Waals surface area contributed by atoms with Crippen LogP contribution < -0.4 is 0 Å². The molecule has 3 unspecified atom stereocenters. The van der Waals surface area contributed by atoms with Crippen LogP contribution in [0.25, 0.3) is 0 Å². The molecule has 3 aromatic rings. The van der Waals surface area contributed by atoms with Gasteiger partial charge in [0, 0.05) is 6.42 Å². The quantitative estimate of drug-likeness (QED) is 0.373. The van der Waals surface area contributed by atoms with Crippen LogP contribution >= 0.6 is 0 Å². The maximum Gasteiger partial charge on any atom is 0.381 e. The molecule has 0 saturated carbocycles. The summed E-state index contributed by atoms with van der Waals surface area (Å²) in [5.74, 6) is -6.78. The number of rotatable bonds is 8. The monoisotopic (exact) mass is 490 g/mol. The summed E-state index contributed by atoms with van der Waals surface area (Å²) in [5, 5.41) is 10.1. The molecule has 3 aromatic carbocycles. The standard InChI is InChI=1S/C27H22O9/c28-23(18-10-4-1-5-11-18)33-17-21-16-22(34-24(29)19-12-6-2-7-13-19)27(35-21,26(31)32)36-25(30)20-14-8-3-9-15-20/h1-15,21-22H,16-17H2,(H,31,32). The predicted octanol–water partition coefficient (Wildman–Crippen LogP) is 3.50. The molecule has 36 heavy (non-hydrogen) atoms. The second-order valence-corrected chi connectivity index (χ2v) is 7.93. The van der Waals surface area contributed by atoms with Crippen LogP contribution in [0, 0.1) is 0 Å². The van der Waals surface area contributed by atoms with Gasteiger partial charge in [0.15, 0.2) is 6.10 Å². The number of esters is 3. The van der Waals surface area contributed by atoms with Crippen molar-refractivity contribution in [2.75, 3.05) is 6.61 Å². The van der Waals surface area contributed by atoms with Crippen molar-refractivity contribution >= 4 is 23.9 Å². The van der Waals surface area contributed by atoms with E-state index in [0.29, 0.717) is 5.56 Å². The van der Waals surface area contributed by atoms with Gasteiger partial charge in [0.05, 0.1) is 16.7 Å². The van der Waals surface area contributed by atoms with Crippen LogP contribution in [0.15, 0.2) is 91.0 Å². The van der Waals surface area contributed by atoms with Crippen LogP contribution in [-0.2, 0) is 23.7 Å². The van der Waals surface area contributed by atoms with E-state index in [1.165, 1.54) is 24.3 Å². The first-order valence-corrected chi connectivity index (χ1v) is 11.1. The number of carbonyl (C=O) groups excluding carboxylic acids is 3. The Kier molecular flexibility index (Phi) is 7.41. The van der Waals surface area contributed by atoms with Crippen molar-refractivity contribution in [2.24, 2.45) is 0 Å². The van der Waals surface area contributed by atoms with Crippen LogP contribution in [0.4, 0.5) is 0 Å². The van der Waals surface area contributed by atoms with Gasteiger partial charge in [-0.15, -0.1) is 0 Å². The summed E-state index contributed by atoms with van der Waals surface area (Å²) in [4.78, 5) is 50.3. The molecule has 0 amide bonds. The molecule has 1 N–H and O–H groups in total. The fourth-order valence-electron chi connectivity index (χ4n) is 3.68. The summed E-state index contributed by atoms with van der Waals surface area (Å²) >= 11 is 0. The van der Waals surface area contributed by atoms with Crippen LogP contribution in [0.1, 0.15) is 37.5 Å². The normalized spacial score (nSPS) is 20.8. The van der Waals surface area contributed by atoms with Crippen molar-refractivity contribution in [1.82, 2.24) is 0 Å². The van der Waals surface area contributed by atoms with E-state index in [9.17, 15) is 24.3 Å². The zero-order valence-electron chi connectivity index (χ0n) is 18.9. The van der Waals surface area contributed by atoms with E-state index >= 15 is 0 Å². The first-order valence-electron chi connectivity index (χ1n) is 11.1. The summed E-state index contributed by atoms with van der Waals surface area (Å²) in [7, 11) is 0. The van der Waals surface area contributed by atoms with Crippen LogP contribution in [0.5, 0.6) is 0 Å². The summed E-state index contributed by atoms with van der Waals surface area (Å²) in [5.41, 5.74) is 0.543. The highest BCUT2D eigenvalue weighted by Gasteiger charge is 2.61. The van der Waals surface area contributed by atoms with E-state index in [1.54, 1.807) is 66.7 Å². The number of hydrogen-bond donors (Lipinski definition) is 1. The highest BCUT2D eigenvalue weighted by atomic mass is 16.8. The van der Waals surface area contributed by atoms with Crippen molar-refractivity contribution in [2.45, 2.75) is 24.4 Å². The van der Waals surface area contributed by atoms with Crippen LogP contribution in [-0.4, -0.2) is 53.6 Å². The maximum atomic E-state index is 12.8. The number of ether oxygens (including phenoxy) is 4. The third kappa shape index (κ3) is 5.42. The lowest BCUT2D eigenvalue weighted by Crippen LogP contribution is -2.52. The van der Waals surface area contributed by atoms with Gasteiger partial charge in [-0.2, -0.15) is 0 Å². The Hall–Kier alpha value is -4.50. The fraction of sp³-hybridized carbons (Fsp3) is 0.185. The second kappa shape index (κ2) is 10.8. The van der Waals surface area contributed by atoms with Crippen molar-refractivity contribution in [3.8, 4) is 0 Å². The van der Waals surface area contributed by atoms with Gasteiger partial charge in [0.1, 0.15) is 12.7 Å². The van der Waals surface area contributed by atoms with Gasteiger partial charge >= 0.3 is 29.7 Å². The Labute approximate surface area is 206 Å². The molecule has 0 radical (unpaired) electrons. The van der Waals surface area contributed by atoms with E-state index in [-0.39, 0.29) is 24.2 Å². The average Bonchev–Trinajstić information content (AvgIpc) is 3.26. The number of benzene rings is 3. The minimum Gasteiger partial charge on any atom is -0.476 e. The topological polar surface area (TPSA) is 125 Å². The van der Waals surface area contributed by atoms with Gasteiger partial charge < -0.3 is 24.1 Å². The van der Waals surface area contributed by atoms with Gasteiger partial charge in [0.25, 0.3) is 0 Å². The zero-order chi connectivity index (χ0) is 25.5. The SMILES string of the molecule is O=C(OCC1CC(OC(=O)c2ccccc2)C(OC(=O)c2ccccc2)(C(=O)O)O1)c1ccccc1. The molecule has 9 nitrogen and oxygen atoms in total. The molecule has 9 heteroatoms. The maximum absolute atomic E-state index is 12.8. The molecule has 1 fully saturated rings. The molecule has 184 valence electrons. The Bertz CT molecular complexity index is 1230. The molecule has 1 aliphatic rings. The molecule has 0 spiro atoms. The average molecular weight is 490 g/mol. The lowest BCUT2D eigenvalue weighted by molar-refractivity contribution is -0.238. The van der Waals surface area contributed by atoms with Crippen molar-refractivity contribution in [3.63, 3.8) is 0 Å². The molecule has 0 aliphatic carbocycles. The smallest absolute Gasteiger partial charge is 0.381 e. The van der Waals surface area contributed by atoms with Crippen molar-refractivity contribution in [1.29, 1.82) is 0 Å². The third-order valence-corrected chi connectivity index (χ3v) is 5.46. The number of carboxylic acid groups (broad SMARTS) is 1. The van der Waals surface area contributed by atoms with Crippen LogP contribution in [0.3, 0.4) is 0 Å². The largest absolute Gasteiger partial charge is 0.476 e.